The molecule has 2 unspecified atom stereocenters. The molecule has 108 valence electrons. The number of halogens is 2. The maximum atomic E-state index is 13.4. The molecule has 6 heteroatoms. The van der Waals surface area contributed by atoms with E-state index >= 15 is 0 Å². The predicted octanol–water partition coefficient (Wildman–Crippen LogP) is 2.70. The number of carbonyl (C=O) groups excluding carboxylic acids is 2. The van der Waals surface area contributed by atoms with Crippen LogP contribution in [0.4, 0.5) is 4.39 Å². The third-order valence-corrected chi connectivity index (χ3v) is 3.73. The molecule has 1 aromatic rings. The SMILES string of the molecule is COC(=O)C1CCC(=O)N1C(C)c1cc(F)cc(Cl)c1. The Morgan fingerprint density at radius 2 is 2.20 bits per heavy atom. The largest absolute Gasteiger partial charge is 0.467 e. The van der Waals surface area contributed by atoms with Gasteiger partial charge in [0.25, 0.3) is 0 Å². The third-order valence-electron chi connectivity index (χ3n) is 3.51. The number of hydrogen-bond donors (Lipinski definition) is 0. The zero-order valence-electron chi connectivity index (χ0n) is 11.2. The molecule has 1 aromatic carbocycles. The van der Waals surface area contributed by atoms with E-state index in [0.29, 0.717) is 12.0 Å². The highest BCUT2D eigenvalue weighted by Crippen LogP contribution is 2.32. The van der Waals surface area contributed by atoms with Gasteiger partial charge in [-0.15, -0.1) is 0 Å². The van der Waals surface area contributed by atoms with Gasteiger partial charge in [0.15, 0.2) is 0 Å². The summed E-state index contributed by atoms with van der Waals surface area (Å²) >= 11 is 5.83. The van der Waals surface area contributed by atoms with Gasteiger partial charge in [0.05, 0.1) is 13.2 Å². The van der Waals surface area contributed by atoms with Gasteiger partial charge < -0.3 is 9.64 Å². The smallest absolute Gasteiger partial charge is 0.328 e. The van der Waals surface area contributed by atoms with Crippen molar-refractivity contribution in [2.24, 2.45) is 0 Å². The van der Waals surface area contributed by atoms with Crippen LogP contribution in [0.3, 0.4) is 0 Å². The summed E-state index contributed by atoms with van der Waals surface area (Å²) in [6, 6.07) is 3.04. The molecule has 0 spiro atoms. The molecule has 1 aliphatic heterocycles. The van der Waals surface area contributed by atoms with Gasteiger partial charge in [-0.2, -0.15) is 0 Å². The van der Waals surface area contributed by atoms with Crippen LogP contribution >= 0.6 is 11.6 Å². The average Bonchev–Trinajstić information content (AvgIpc) is 2.77. The number of nitrogens with zero attached hydrogens (tertiary/aromatic N) is 1. The minimum Gasteiger partial charge on any atom is -0.467 e. The van der Waals surface area contributed by atoms with Gasteiger partial charge in [-0.3, -0.25) is 4.79 Å². The average molecular weight is 300 g/mol. The first-order valence-corrected chi connectivity index (χ1v) is 6.67. The maximum Gasteiger partial charge on any atom is 0.328 e. The lowest BCUT2D eigenvalue weighted by Crippen LogP contribution is -2.40. The van der Waals surface area contributed by atoms with E-state index < -0.39 is 23.9 Å². The fourth-order valence-electron chi connectivity index (χ4n) is 2.53. The molecule has 0 radical (unpaired) electrons. The van der Waals surface area contributed by atoms with E-state index in [2.05, 4.69) is 0 Å². The van der Waals surface area contributed by atoms with Crippen molar-refractivity contribution in [3.05, 3.63) is 34.6 Å². The van der Waals surface area contributed by atoms with E-state index in [1.165, 1.54) is 24.1 Å². The Labute approximate surface area is 121 Å². The molecule has 1 aliphatic rings. The fourth-order valence-corrected chi connectivity index (χ4v) is 2.76. The number of hydrogen-bond acceptors (Lipinski definition) is 3. The number of carbonyl (C=O) groups is 2. The zero-order chi connectivity index (χ0) is 14.9. The van der Waals surface area contributed by atoms with Crippen LogP contribution in [0.25, 0.3) is 0 Å². The van der Waals surface area contributed by atoms with E-state index in [0.717, 1.165) is 0 Å². The first kappa shape index (κ1) is 14.8. The topological polar surface area (TPSA) is 46.6 Å². The molecular formula is C14H15ClFNO3. The van der Waals surface area contributed by atoms with Gasteiger partial charge in [-0.25, -0.2) is 9.18 Å². The standard InChI is InChI=1S/C14H15ClFNO3/c1-8(9-5-10(15)7-11(16)6-9)17-12(14(19)20-2)3-4-13(17)18/h5-8,12H,3-4H2,1-2H3. The van der Waals surface area contributed by atoms with Crippen LogP contribution in [0, 0.1) is 5.82 Å². The van der Waals surface area contributed by atoms with E-state index in [4.69, 9.17) is 16.3 Å². The second-order valence-electron chi connectivity index (χ2n) is 4.76. The molecule has 1 fully saturated rings. The lowest BCUT2D eigenvalue weighted by atomic mass is 10.1. The van der Waals surface area contributed by atoms with Crippen molar-refractivity contribution in [2.45, 2.75) is 31.8 Å². The first-order chi connectivity index (χ1) is 9.43. The Morgan fingerprint density at radius 1 is 1.50 bits per heavy atom. The summed E-state index contributed by atoms with van der Waals surface area (Å²) < 4.78 is 18.1. The number of ether oxygens (including phenoxy) is 1. The molecular weight excluding hydrogens is 285 g/mol. The second kappa shape index (κ2) is 5.79. The Bertz CT molecular complexity index is 529. The molecule has 0 N–H and O–H groups in total. The van der Waals surface area contributed by atoms with Gasteiger partial charge in [0.2, 0.25) is 5.91 Å². The van der Waals surface area contributed by atoms with Crippen molar-refractivity contribution in [1.29, 1.82) is 0 Å². The number of rotatable bonds is 3. The lowest BCUT2D eigenvalue weighted by Gasteiger charge is -2.29. The van der Waals surface area contributed by atoms with Gasteiger partial charge >= 0.3 is 5.97 Å². The summed E-state index contributed by atoms with van der Waals surface area (Å²) in [5.41, 5.74) is 0.555. The van der Waals surface area contributed by atoms with E-state index in [-0.39, 0.29) is 17.4 Å². The quantitative estimate of drug-likeness (QED) is 0.806. The molecule has 1 amide bonds. The molecule has 4 nitrogen and oxygen atoms in total. The van der Waals surface area contributed by atoms with Gasteiger partial charge in [-0.05, 0) is 37.1 Å². The predicted molar refractivity (Wildman–Crippen MR) is 71.7 cm³/mol. The summed E-state index contributed by atoms with van der Waals surface area (Å²) in [5.74, 6) is -1.07. The minimum absolute atomic E-state index is 0.145. The van der Waals surface area contributed by atoms with Crippen LogP contribution in [0.1, 0.15) is 31.4 Å². The van der Waals surface area contributed by atoms with E-state index in [1.807, 2.05) is 0 Å². The number of esters is 1. The maximum absolute atomic E-state index is 13.4. The summed E-state index contributed by atoms with van der Waals surface area (Å²) in [5, 5.41) is 0.258. The van der Waals surface area contributed by atoms with Crippen molar-refractivity contribution in [2.75, 3.05) is 7.11 Å². The Balaban J connectivity index is 2.32. The van der Waals surface area contributed by atoms with Gasteiger partial charge in [0, 0.05) is 11.4 Å². The highest BCUT2D eigenvalue weighted by atomic mass is 35.5. The minimum atomic E-state index is -0.621. The van der Waals surface area contributed by atoms with Crippen LogP contribution in [0.5, 0.6) is 0 Å². The van der Waals surface area contributed by atoms with E-state index in [9.17, 15) is 14.0 Å². The molecule has 0 bridgehead atoms. The van der Waals surface area contributed by atoms with Crippen LogP contribution in [0.15, 0.2) is 18.2 Å². The molecule has 0 aromatic heterocycles. The van der Waals surface area contributed by atoms with Gasteiger partial charge in [-0.1, -0.05) is 11.6 Å². The molecule has 0 aliphatic carbocycles. The van der Waals surface area contributed by atoms with Crippen molar-refractivity contribution >= 4 is 23.5 Å². The fraction of sp³-hybridized carbons (Fsp3) is 0.429. The number of benzene rings is 1. The number of amides is 1. The monoisotopic (exact) mass is 299 g/mol. The van der Waals surface area contributed by atoms with Crippen LogP contribution in [-0.4, -0.2) is 29.9 Å². The normalized spacial score (nSPS) is 20.1. The molecule has 20 heavy (non-hydrogen) atoms. The molecule has 1 heterocycles. The van der Waals surface area contributed by atoms with Crippen molar-refractivity contribution < 1.29 is 18.7 Å². The number of likely N-dealkylation sites (tertiary alicyclic amines) is 1. The van der Waals surface area contributed by atoms with Crippen LogP contribution < -0.4 is 0 Å². The highest BCUT2D eigenvalue weighted by molar-refractivity contribution is 6.30. The Kier molecular flexibility index (Phi) is 4.28. The first-order valence-electron chi connectivity index (χ1n) is 6.29. The summed E-state index contributed by atoms with van der Waals surface area (Å²) in [6.45, 7) is 1.74. The molecule has 0 saturated carbocycles. The lowest BCUT2D eigenvalue weighted by molar-refractivity contribution is -0.150. The van der Waals surface area contributed by atoms with Crippen molar-refractivity contribution in [1.82, 2.24) is 4.90 Å². The van der Waals surface area contributed by atoms with Crippen molar-refractivity contribution in [3.8, 4) is 0 Å². The summed E-state index contributed by atoms with van der Waals surface area (Å²) in [6.07, 6.45) is 0.700. The zero-order valence-corrected chi connectivity index (χ0v) is 12.0. The Hall–Kier alpha value is -1.62. The van der Waals surface area contributed by atoms with Gasteiger partial charge in [0.1, 0.15) is 11.9 Å². The summed E-state index contributed by atoms with van der Waals surface area (Å²) in [7, 11) is 1.28. The number of methoxy groups -OCH3 is 1. The van der Waals surface area contributed by atoms with E-state index in [1.54, 1.807) is 13.0 Å². The van der Waals surface area contributed by atoms with Crippen LogP contribution in [0.2, 0.25) is 5.02 Å². The van der Waals surface area contributed by atoms with Crippen molar-refractivity contribution in [3.63, 3.8) is 0 Å². The Morgan fingerprint density at radius 3 is 2.80 bits per heavy atom. The molecule has 2 rings (SSSR count). The molecule has 1 saturated heterocycles. The van der Waals surface area contributed by atoms with Crippen LogP contribution in [-0.2, 0) is 14.3 Å². The second-order valence-corrected chi connectivity index (χ2v) is 5.19. The molecule has 2 atom stereocenters. The summed E-state index contributed by atoms with van der Waals surface area (Å²) in [4.78, 5) is 25.1. The highest BCUT2D eigenvalue weighted by Gasteiger charge is 2.40. The third kappa shape index (κ3) is 2.77.